The molecule has 0 spiro atoms. The van der Waals surface area contributed by atoms with Gasteiger partial charge in [-0.3, -0.25) is 4.68 Å². The number of hydrogen-bond acceptors (Lipinski definition) is 2. The molecule has 3 heteroatoms. The number of nitrogens with two attached hydrogens (primary N) is 1. The van der Waals surface area contributed by atoms with E-state index in [2.05, 4.69) is 25.1 Å². The second-order valence-electron chi connectivity index (χ2n) is 5.00. The lowest BCUT2D eigenvalue weighted by atomic mass is 9.91. The van der Waals surface area contributed by atoms with Gasteiger partial charge in [-0.1, -0.05) is 13.3 Å². The third-order valence-electron chi connectivity index (χ3n) is 3.98. The van der Waals surface area contributed by atoms with E-state index in [0.717, 1.165) is 31.2 Å². The lowest BCUT2D eigenvalue weighted by molar-refractivity contribution is 0.386. The topological polar surface area (TPSA) is 43.8 Å². The molecule has 1 aliphatic rings. The summed E-state index contributed by atoms with van der Waals surface area (Å²) in [5, 5.41) is 4.51. The van der Waals surface area contributed by atoms with E-state index < -0.39 is 0 Å². The molecule has 1 saturated carbocycles. The maximum Gasteiger partial charge on any atom is 0.0624 e. The van der Waals surface area contributed by atoms with Crippen LogP contribution in [0.3, 0.4) is 0 Å². The van der Waals surface area contributed by atoms with Crippen molar-refractivity contribution < 1.29 is 0 Å². The Labute approximate surface area is 98.0 Å². The Morgan fingerprint density at radius 1 is 1.44 bits per heavy atom. The highest BCUT2D eigenvalue weighted by Gasteiger charge is 2.26. The summed E-state index contributed by atoms with van der Waals surface area (Å²) in [6.45, 7) is 3.01. The number of aromatic nitrogens is 2. The van der Waals surface area contributed by atoms with Crippen molar-refractivity contribution >= 4 is 0 Å². The van der Waals surface area contributed by atoms with Crippen molar-refractivity contribution in [1.82, 2.24) is 9.78 Å². The first-order valence-corrected chi connectivity index (χ1v) is 6.46. The van der Waals surface area contributed by atoms with E-state index in [1.807, 2.05) is 4.68 Å². The first kappa shape index (κ1) is 11.6. The highest BCUT2D eigenvalue weighted by Crippen LogP contribution is 2.33. The van der Waals surface area contributed by atoms with Crippen LogP contribution in [0.5, 0.6) is 0 Å². The molecule has 2 atom stereocenters. The molecular formula is C13H23N3. The zero-order chi connectivity index (χ0) is 11.5. The van der Waals surface area contributed by atoms with Gasteiger partial charge in [0.15, 0.2) is 0 Å². The third kappa shape index (κ3) is 2.29. The van der Waals surface area contributed by atoms with Crippen molar-refractivity contribution in [2.24, 2.45) is 24.6 Å². The number of hydrogen-bond donors (Lipinski definition) is 1. The van der Waals surface area contributed by atoms with Crippen LogP contribution in [0.15, 0.2) is 6.07 Å². The van der Waals surface area contributed by atoms with Gasteiger partial charge in [-0.15, -0.1) is 0 Å². The SMILES string of the molecule is CCc1cc(CC2CCCC2CN)n(C)n1. The Hall–Kier alpha value is -0.830. The molecule has 0 aliphatic heterocycles. The number of nitrogens with zero attached hydrogens (tertiary/aromatic N) is 2. The van der Waals surface area contributed by atoms with E-state index in [0.29, 0.717) is 0 Å². The van der Waals surface area contributed by atoms with Crippen LogP contribution in [0.25, 0.3) is 0 Å². The lowest BCUT2D eigenvalue weighted by Crippen LogP contribution is -2.20. The predicted octanol–water partition coefficient (Wildman–Crippen LogP) is 1.90. The summed E-state index contributed by atoms with van der Waals surface area (Å²) in [7, 11) is 2.06. The summed E-state index contributed by atoms with van der Waals surface area (Å²) in [4.78, 5) is 0. The first-order chi connectivity index (χ1) is 7.74. The van der Waals surface area contributed by atoms with E-state index in [1.165, 1.54) is 30.7 Å². The van der Waals surface area contributed by atoms with Gasteiger partial charge in [-0.2, -0.15) is 5.10 Å². The largest absolute Gasteiger partial charge is 0.330 e. The van der Waals surface area contributed by atoms with Crippen molar-refractivity contribution in [2.45, 2.75) is 39.0 Å². The Bertz CT molecular complexity index is 343. The summed E-state index contributed by atoms with van der Waals surface area (Å²) >= 11 is 0. The molecule has 0 aromatic carbocycles. The highest BCUT2D eigenvalue weighted by molar-refractivity contribution is 5.11. The molecule has 90 valence electrons. The van der Waals surface area contributed by atoms with Crippen LogP contribution < -0.4 is 5.73 Å². The minimum Gasteiger partial charge on any atom is -0.330 e. The van der Waals surface area contributed by atoms with Crippen LogP contribution in [0, 0.1) is 11.8 Å². The average molecular weight is 221 g/mol. The number of aryl methyl sites for hydroxylation is 2. The standard InChI is InChI=1S/C13H23N3/c1-3-12-8-13(16(2)15-12)7-10-5-4-6-11(10)9-14/h8,10-11H,3-7,9,14H2,1-2H3. The fraction of sp³-hybridized carbons (Fsp3) is 0.769. The quantitative estimate of drug-likeness (QED) is 0.844. The number of rotatable bonds is 4. The monoisotopic (exact) mass is 221 g/mol. The zero-order valence-corrected chi connectivity index (χ0v) is 10.4. The summed E-state index contributed by atoms with van der Waals surface area (Å²) in [5.41, 5.74) is 8.41. The molecule has 2 N–H and O–H groups in total. The third-order valence-corrected chi connectivity index (χ3v) is 3.98. The molecule has 3 nitrogen and oxygen atoms in total. The molecule has 2 unspecified atom stereocenters. The average Bonchev–Trinajstić information content (AvgIpc) is 2.86. The predicted molar refractivity (Wildman–Crippen MR) is 66.2 cm³/mol. The minimum atomic E-state index is 0.736. The minimum absolute atomic E-state index is 0.736. The van der Waals surface area contributed by atoms with Crippen molar-refractivity contribution in [1.29, 1.82) is 0 Å². The summed E-state index contributed by atoms with van der Waals surface area (Å²) in [6.07, 6.45) is 6.20. The van der Waals surface area contributed by atoms with E-state index >= 15 is 0 Å². The van der Waals surface area contributed by atoms with Crippen molar-refractivity contribution in [3.63, 3.8) is 0 Å². The molecule has 1 aromatic rings. The van der Waals surface area contributed by atoms with Gasteiger partial charge in [0.05, 0.1) is 5.69 Å². The Balaban J connectivity index is 2.05. The fourth-order valence-electron chi connectivity index (χ4n) is 2.90. The molecule has 1 fully saturated rings. The molecule has 2 rings (SSSR count). The van der Waals surface area contributed by atoms with Gasteiger partial charge in [0.2, 0.25) is 0 Å². The zero-order valence-electron chi connectivity index (χ0n) is 10.4. The molecule has 1 aromatic heterocycles. The van der Waals surface area contributed by atoms with Crippen LogP contribution >= 0.6 is 0 Å². The maximum atomic E-state index is 5.82. The van der Waals surface area contributed by atoms with Crippen molar-refractivity contribution in [3.8, 4) is 0 Å². The van der Waals surface area contributed by atoms with Crippen LogP contribution in [0.1, 0.15) is 37.6 Å². The van der Waals surface area contributed by atoms with E-state index in [-0.39, 0.29) is 0 Å². The molecule has 0 radical (unpaired) electrons. The van der Waals surface area contributed by atoms with Crippen molar-refractivity contribution in [2.75, 3.05) is 6.54 Å². The first-order valence-electron chi connectivity index (χ1n) is 6.46. The second kappa shape index (κ2) is 5.00. The van der Waals surface area contributed by atoms with Crippen LogP contribution in [-0.2, 0) is 19.9 Å². The molecule has 16 heavy (non-hydrogen) atoms. The van der Waals surface area contributed by atoms with Crippen LogP contribution in [0.2, 0.25) is 0 Å². The normalized spacial score (nSPS) is 25.2. The van der Waals surface area contributed by atoms with Gasteiger partial charge in [0.25, 0.3) is 0 Å². The van der Waals surface area contributed by atoms with E-state index in [1.54, 1.807) is 0 Å². The van der Waals surface area contributed by atoms with Gasteiger partial charge in [-0.25, -0.2) is 0 Å². The van der Waals surface area contributed by atoms with Gasteiger partial charge < -0.3 is 5.73 Å². The van der Waals surface area contributed by atoms with Crippen molar-refractivity contribution in [3.05, 3.63) is 17.5 Å². The van der Waals surface area contributed by atoms with E-state index in [9.17, 15) is 0 Å². The summed E-state index contributed by atoms with van der Waals surface area (Å²) < 4.78 is 2.05. The fourth-order valence-corrected chi connectivity index (χ4v) is 2.90. The van der Waals surface area contributed by atoms with Crippen LogP contribution in [-0.4, -0.2) is 16.3 Å². The van der Waals surface area contributed by atoms with E-state index in [4.69, 9.17) is 5.73 Å². The molecule has 1 heterocycles. The molecule has 0 amide bonds. The van der Waals surface area contributed by atoms with Gasteiger partial charge in [0, 0.05) is 12.7 Å². The lowest BCUT2D eigenvalue weighted by Gasteiger charge is -2.17. The van der Waals surface area contributed by atoms with Gasteiger partial charge >= 0.3 is 0 Å². The highest BCUT2D eigenvalue weighted by atomic mass is 15.3. The molecule has 0 bridgehead atoms. The Kier molecular flexibility index (Phi) is 3.64. The summed E-state index contributed by atoms with van der Waals surface area (Å²) in [5.74, 6) is 1.52. The molecule has 0 saturated heterocycles. The van der Waals surface area contributed by atoms with Gasteiger partial charge in [0.1, 0.15) is 0 Å². The van der Waals surface area contributed by atoms with Gasteiger partial charge in [-0.05, 0) is 50.1 Å². The maximum absolute atomic E-state index is 5.82. The smallest absolute Gasteiger partial charge is 0.0624 e. The summed E-state index contributed by atoms with van der Waals surface area (Å²) in [6, 6.07) is 2.26. The Morgan fingerprint density at radius 2 is 2.19 bits per heavy atom. The Morgan fingerprint density at radius 3 is 2.81 bits per heavy atom. The van der Waals surface area contributed by atoms with Crippen LogP contribution in [0.4, 0.5) is 0 Å². The molecular weight excluding hydrogens is 198 g/mol. The second-order valence-corrected chi connectivity index (χ2v) is 5.00. The molecule has 1 aliphatic carbocycles.